The summed E-state index contributed by atoms with van der Waals surface area (Å²) < 4.78 is 0. The number of benzene rings is 1. The van der Waals surface area contributed by atoms with Gasteiger partial charge in [-0.1, -0.05) is 43.2 Å². The molecule has 0 saturated carbocycles. The molecule has 1 fully saturated rings. The molecule has 3 atom stereocenters. The first-order chi connectivity index (χ1) is 9.31. The standard InChI is InChI=1S/C16H21NO3/c1-9-5-10(2)7-13(6-9)14(18)8-17-15(19)11(3)12(4)16(17)20/h5-7,11-12,14,18H,8H2,1-4H3. The Kier molecular flexibility index (Phi) is 3.95. The normalized spacial score (nSPS) is 24.4. The van der Waals surface area contributed by atoms with Crippen LogP contribution in [0.1, 0.15) is 36.6 Å². The number of aliphatic hydroxyl groups excluding tert-OH is 1. The molecule has 0 radical (unpaired) electrons. The van der Waals surface area contributed by atoms with Crippen LogP contribution in [-0.2, 0) is 9.59 Å². The van der Waals surface area contributed by atoms with Gasteiger partial charge in [0.1, 0.15) is 0 Å². The minimum absolute atomic E-state index is 0.0369. The van der Waals surface area contributed by atoms with E-state index in [9.17, 15) is 14.7 Å². The minimum atomic E-state index is -0.834. The molecule has 1 aromatic carbocycles. The van der Waals surface area contributed by atoms with Crippen LogP contribution in [0.2, 0.25) is 0 Å². The lowest BCUT2D eigenvalue weighted by molar-refractivity contribution is -0.141. The average Bonchev–Trinajstić information content (AvgIpc) is 2.55. The van der Waals surface area contributed by atoms with Gasteiger partial charge in [0, 0.05) is 11.8 Å². The first-order valence-corrected chi connectivity index (χ1v) is 6.92. The highest BCUT2D eigenvalue weighted by atomic mass is 16.3. The van der Waals surface area contributed by atoms with Crippen molar-refractivity contribution in [3.8, 4) is 0 Å². The summed E-state index contributed by atoms with van der Waals surface area (Å²) in [5, 5.41) is 10.3. The van der Waals surface area contributed by atoms with Crippen molar-refractivity contribution >= 4 is 11.8 Å². The number of carbonyl (C=O) groups is 2. The molecule has 1 heterocycles. The molecule has 0 aromatic heterocycles. The largest absolute Gasteiger partial charge is 0.387 e. The zero-order valence-corrected chi connectivity index (χ0v) is 12.4. The maximum absolute atomic E-state index is 12.0. The first kappa shape index (κ1) is 14.7. The van der Waals surface area contributed by atoms with Crippen LogP contribution in [0, 0.1) is 25.7 Å². The fourth-order valence-electron chi connectivity index (χ4n) is 2.69. The van der Waals surface area contributed by atoms with Crippen molar-refractivity contribution in [1.29, 1.82) is 0 Å². The molecule has 1 saturated heterocycles. The molecule has 1 N–H and O–H groups in total. The number of hydrogen-bond acceptors (Lipinski definition) is 3. The molecule has 1 aliphatic heterocycles. The molecule has 0 aliphatic carbocycles. The second kappa shape index (κ2) is 5.37. The van der Waals surface area contributed by atoms with Gasteiger partial charge < -0.3 is 5.11 Å². The molecule has 2 rings (SSSR count). The summed E-state index contributed by atoms with van der Waals surface area (Å²) in [6.07, 6.45) is -0.834. The third-order valence-corrected chi connectivity index (χ3v) is 4.05. The Balaban J connectivity index is 2.17. The van der Waals surface area contributed by atoms with Crippen molar-refractivity contribution in [3.63, 3.8) is 0 Å². The van der Waals surface area contributed by atoms with E-state index in [0.717, 1.165) is 16.7 Å². The Labute approximate surface area is 119 Å². The Bertz CT molecular complexity index is 512. The summed E-state index contributed by atoms with van der Waals surface area (Å²) in [6.45, 7) is 7.47. The van der Waals surface area contributed by atoms with Crippen molar-refractivity contribution in [2.45, 2.75) is 33.8 Å². The van der Waals surface area contributed by atoms with Crippen LogP contribution >= 0.6 is 0 Å². The van der Waals surface area contributed by atoms with Gasteiger partial charge in [-0.25, -0.2) is 0 Å². The molecule has 0 spiro atoms. The van der Waals surface area contributed by atoms with Gasteiger partial charge in [0.05, 0.1) is 12.6 Å². The molecule has 0 bridgehead atoms. The van der Waals surface area contributed by atoms with Gasteiger partial charge in [-0.15, -0.1) is 0 Å². The van der Waals surface area contributed by atoms with Crippen LogP contribution in [0.15, 0.2) is 18.2 Å². The summed E-state index contributed by atoms with van der Waals surface area (Å²) in [7, 11) is 0. The number of β-amino-alcohol motifs (C(OH)–C–C–N with tert-alkyl or cyclic N) is 1. The molecule has 1 aromatic rings. The number of carbonyl (C=O) groups excluding carboxylic acids is 2. The second-order valence-corrected chi connectivity index (χ2v) is 5.80. The Morgan fingerprint density at radius 1 is 1.05 bits per heavy atom. The third kappa shape index (κ3) is 2.61. The maximum Gasteiger partial charge on any atom is 0.232 e. The van der Waals surface area contributed by atoms with E-state index in [2.05, 4.69) is 0 Å². The van der Waals surface area contributed by atoms with Crippen molar-refractivity contribution in [2.24, 2.45) is 11.8 Å². The quantitative estimate of drug-likeness (QED) is 0.858. The van der Waals surface area contributed by atoms with E-state index in [1.54, 1.807) is 13.8 Å². The number of imide groups is 1. The van der Waals surface area contributed by atoms with Crippen LogP contribution < -0.4 is 0 Å². The lowest BCUT2D eigenvalue weighted by Gasteiger charge is -2.20. The van der Waals surface area contributed by atoms with Crippen molar-refractivity contribution < 1.29 is 14.7 Å². The number of amides is 2. The van der Waals surface area contributed by atoms with Gasteiger partial charge in [-0.05, 0) is 19.4 Å². The monoisotopic (exact) mass is 275 g/mol. The van der Waals surface area contributed by atoms with Gasteiger partial charge in [0.2, 0.25) is 11.8 Å². The Morgan fingerprint density at radius 2 is 1.50 bits per heavy atom. The molecule has 108 valence electrons. The maximum atomic E-state index is 12.0. The predicted octanol–water partition coefficient (Wildman–Crippen LogP) is 1.98. The van der Waals surface area contributed by atoms with E-state index >= 15 is 0 Å². The van der Waals surface area contributed by atoms with E-state index in [1.807, 2.05) is 32.0 Å². The molecular formula is C16H21NO3. The zero-order valence-electron chi connectivity index (χ0n) is 12.4. The highest BCUT2D eigenvalue weighted by Crippen LogP contribution is 2.28. The summed E-state index contributed by atoms with van der Waals surface area (Å²) in [4.78, 5) is 25.2. The van der Waals surface area contributed by atoms with Crippen LogP contribution in [-0.4, -0.2) is 28.4 Å². The number of aryl methyl sites for hydroxylation is 2. The first-order valence-electron chi connectivity index (χ1n) is 6.92. The van der Waals surface area contributed by atoms with Crippen LogP contribution in [0.5, 0.6) is 0 Å². The smallest absolute Gasteiger partial charge is 0.232 e. The van der Waals surface area contributed by atoms with E-state index < -0.39 is 6.10 Å². The molecular weight excluding hydrogens is 254 g/mol. The van der Waals surface area contributed by atoms with Gasteiger partial charge in [0.25, 0.3) is 0 Å². The van der Waals surface area contributed by atoms with Crippen LogP contribution in [0.25, 0.3) is 0 Å². The molecule has 2 amide bonds. The summed E-state index contributed by atoms with van der Waals surface area (Å²) in [6, 6.07) is 5.79. The number of nitrogens with zero attached hydrogens (tertiary/aromatic N) is 1. The molecule has 4 heteroatoms. The Morgan fingerprint density at radius 3 is 1.95 bits per heavy atom. The van der Waals surface area contributed by atoms with Gasteiger partial charge in [-0.2, -0.15) is 0 Å². The zero-order chi connectivity index (χ0) is 15.0. The van der Waals surface area contributed by atoms with E-state index in [-0.39, 0.29) is 30.2 Å². The van der Waals surface area contributed by atoms with Crippen LogP contribution in [0.4, 0.5) is 0 Å². The van der Waals surface area contributed by atoms with Crippen LogP contribution in [0.3, 0.4) is 0 Å². The molecule has 1 aliphatic rings. The topological polar surface area (TPSA) is 57.6 Å². The summed E-state index contributed by atoms with van der Waals surface area (Å²) in [5.41, 5.74) is 2.86. The lowest BCUT2D eigenvalue weighted by Crippen LogP contribution is -2.34. The van der Waals surface area contributed by atoms with Crippen molar-refractivity contribution in [3.05, 3.63) is 34.9 Å². The van der Waals surface area contributed by atoms with Gasteiger partial charge in [0.15, 0.2) is 0 Å². The molecule has 3 unspecified atom stereocenters. The second-order valence-electron chi connectivity index (χ2n) is 5.80. The third-order valence-electron chi connectivity index (χ3n) is 4.05. The van der Waals surface area contributed by atoms with Crippen molar-refractivity contribution in [2.75, 3.05) is 6.54 Å². The number of likely N-dealkylation sites (tertiary alicyclic amines) is 1. The number of rotatable bonds is 3. The van der Waals surface area contributed by atoms with E-state index in [1.165, 1.54) is 4.90 Å². The average molecular weight is 275 g/mol. The van der Waals surface area contributed by atoms with Gasteiger partial charge in [-0.3, -0.25) is 14.5 Å². The van der Waals surface area contributed by atoms with Gasteiger partial charge >= 0.3 is 0 Å². The SMILES string of the molecule is Cc1cc(C)cc(C(O)CN2C(=O)C(C)C(C)C2=O)c1. The highest BCUT2D eigenvalue weighted by Gasteiger charge is 2.42. The predicted molar refractivity (Wildman–Crippen MR) is 75.9 cm³/mol. The Hall–Kier alpha value is -1.68. The number of hydrogen-bond donors (Lipinski definition) is 1. The minimum Gasteiger partial charge on any atom is -0.387 e. The molecule has 4 nitrogen and oxygen atoms in total. The summed E-state index contributed by atoms with van der Waals surface area (Å²) >= 11 is 0. The fourth-order valence-corrected chi connectivity index (χ4v) is 2.69. The van der Waals surface area contributed by atoms with Crippen molar-refractivity contribution in [1.82, 2.24) is 4.90 Å². The lowest BCUT2D eigenvalue weighted by atomic mass is 10.00. The highest BCUT2D eigenvalue weighted by molar-refractivity contribution is 6.04. The van der Waals surface area contributed by atoms with E-state index in [0.29, 0.717) is 0 Å². The number of aliphatic hydroxyl groups is 1. The fraction of sp³-hybridized carbons (Fsp3) is 0.500. The van der Waals surface area contributed by atoms with E-state index in [4.69, 9.17) is 0 Å². The molecule has 20 heavy (non-hydrogen) atoms. The summed E-state index contributed by atoms with van der Waals surface area (Å²) in [5.74, 6) is -0.972.